The lowest BCUT2D eigenvalue weighted by atomic mass is 9.87. The topological polar surface area (TPSA) is 67.4 Å². The van der Waals surface area contributed by atoms with E-state index in [1.165, 1.54) is 12.8 Å². The molecule has 0 aliphatic heterocycles. The standard InChI is InChI=1S/C19H28N2O3/c1-13-5-9-15(10-6-13)20-17(22)14-7-11-16(12-8-14)21-18(23)24-19(2,3)4/h7-8,11-13,15H,5-6,9-10H2,1-4H3,(H,20,22)(H,21,23). The Bertz CT molecular complexity index is 567. The van der Waals surface area contributed by atoms with Crippen LogP contribution in [0, 0.1) is 5.92 Å². The summed E-state index contributed by atoms with van der Waals surface area (Å²) in [7, 11) is 0. The van der Waals surface area contributed by atoms with Crippen molar-refractivity contribution in [1.29, 1.82) is 0 Å². The van der Waals surface area contributed by atoms with Gasteiger partial charge in [0.15, 0.2) is 0 Å². The molecule has 0 bridgehead atoms. The van der Waals surface area contributed by atoms with Gasteiger partial charge in [0.05, 0.1) is 0 Å². The lowest BCUT2D eigenvalue weighted by Crippen LogP contribution is -2.37. The zero-order chi connectivity index (χ0) is 17.7. The highest BCUT2D eigenvalue weighted by Crippen LogP contribution is 2.23. The summed E-state index contributed by atoms with van der Waals surface area (Å²) in [5.74, 6) is 0.703. The van der Waals surface area contributed by atoms with Gasteiger partial charge in [-0.15, -0.1) is 0 Å². The maximum Gasteiger partial charge on any atom is 0.412 e. The number of anilines is 1. The number of rotatable bonds is 3. The van der Waals surface area contributed by atoms with Crippen LogP contribution in [0.15, 0.2) is 24.3 Å². The van der Waals surface area contributed by atoms with Gasteiger partial charge >= 0.3 is 6.09 Å². The summed E-state index contributed by atoms with van der Waals surface area (Å²) >= 11 is 0. The smallest absolute Gasteiger partial charge is 0.412 e. The average molecular weight is 332 g/mol. The second-order valence-electron chi connectivity index (χ2n) is 7.63. The van der Waals surface area contributed by atoms with E-state index >= 15 is 0 Å². The number of carbonyl (C=O) groups excluding carboxylic acids is 2. The molecule has 5 nitrogen and oxygen atoms in total. The van der Waals surface area contributed by atoms with E-state index in [2.05, 4.69) is 17.6 Å². The summed E-state index contributed by atoms with van der Waals surface area (Å²) < 4.78 is 5.20. The van der Waals surface area contributed by atoms with Crippen LogP contribution in [0.5, 0.6) is 0 Å². The minimum atomic E-state index is -0.540. The van der Waals surface area contributed by atoms with E-state index in [0.29, 0.717) is 11.3 Å². The van der Waals surface area contributed by atoms with Crippen molar-refractivity contribution in [2.24, 2.45) is 5.92 Å². The third kappa shape index (κ3) is 5.87. The molecular weight excluding hydrogens is 304 g/mol. The summed E-state index contributed by atoms with van der Waals surface area (Å²) in [5, 5.41) is 5.75. The molecule has 0 unspecified atom stereocenters. The minimum Gasteiger partial charge on any atom is -0.444 e. The molecule has 0 spiro atoms. The fourth-order valence-corrected chi connectivity index (χ4v) is 2.80. The van der Waals surface area contributed by atoms with Gasteiger partial charge in [-0.3, -0.25) is 10.1 Å². The average Bonchev–Trinajstić information content (AvgIpc) is 2.48. The Labute approximate surface area is 144 Å². The molecule has 1 aromatic carbocycles. The van der Waals surface area contributed by atoms with Crippen molar-refractivity contribution in [2.75, 3.05) is 5.32 Å². The molecular formula is C19H28N2O3. The first kappa shape index (κ1) is 18.3. The third-order valence-electron chi connectivity index (χ3n) is 4.14. The summed E-state index contributed by atoms with van der Waals surface area (Å²) in [5.41, 5.74) is 0.664. The Morgan fingerprint density at radius 2 is 1.62 bits per heavy atom. The molecule has 2 rings (SSSR count). The van der Waals surface area contributed by atoms with Crippen molar-refractivity contribution in [3.05, 3.63) is 29.8 Å². The van der Waals surface area contributed by atoms with Crippen LogP contribution in [-0.2, 0) is 4.74 Å². The number of amides is 2. The van der Waals surface area contributed by atoms with Crippen molar-refractivity contribution in [2.45, 2.75) is 65.0 Å². The Morgan fingerprint density at radius 3 is 2.17 bits per heavy atom. The van der Waals surface area contributed by atoms with Gasteiger partial charge in [-0.25, -0.2) is 4.79 Å². The third-order valence-corrected chi connectivity index (χ3v) is 4.14. The van der Waals surface area contributed by atoms with Crippen molar-refractivity contribution in [3.8, 4) is 0 Å². The second-order valence-corrected chi connectivity index (χ2v) is 7.63. The minimum absolute atomic E-state index is 0.0571. The Kier molecular flexibility index (Phi) is 5.86. The van der Waals surface area contributed by atoms with Gasteiger partial charge in [0, 0.05) is 17.3 Å². The van der Waals surface area contributed by atoms with Crippen molar-refractivity contribution >= 4 is 17.7 Å². The summed E-state index contributed by atoms with van der Waals surface area (Å²) in [4.78, 5) is 24.0. The van der Waals surface area contributed by atoms with Gasteiger partial charge in [-0.05, 0) is 76.6 Å². The van der Waals surface area contributed by atoms with E-state index in [9.17, 15) is 9.59 Å². The number of ether oxygens (including phenoxy) is 1. The number of nitrogens with one attached hydrogen (secondary N) is 2. The molecule has 0 aromatic heterocycles. The van der Waals surface area contributed by atoms with Crippen LogP contribution in [0.3, 0.4) is 0 Å². The lowest BCUT2D eigenvalue weighted by Gasteiger charge is -2.26. The van der Waals surface area contributed by atoms with E-state index in [1.807, 2.05) is 20.8 Å². The monoisotopic (exact) mass is 332 g/mol. The Balaban J connectivity index is 1.87. The molecule has 1 saturated carbocycles. The van der Waals surface area contributed by atoms with Crippen LogP contribution in [0.4, 0.5) is 10.5 Å². The lowest BCUT2D eigenvalue weighted by molar-refractivity contribution is 0.0635. The number of carbonyl (C=O) groups is 2. The maximum atomic E-state index is 12.3. The highest BCUT2D eigenvalue weighted by atomic mass is 16.6. The van der Waals surface area contributed by atoms with Gasteiger partial charge in [0.1, 0.15) is 5.60 Å². The highest BCUT2D eigenvalue weighted by Gasteiger charge is 2.20. The molecule has 0 radical (unpaired) electrons. The molecule has 1 aliphatic rings. The largest absolute Gasteiger partial charge is 0.444 e. The van der Waals surface area contributed by atoms with E-state index in [0.717, 1.165) is 18.8 Å². The van der Waals surface area contributed by atoms with Gasteiger partial charge in [0.2, 0.25) is 0 Å². The van der Waals surface area contributed by atoms with Gasteiger partial charge < -0.3 is 10.1 Å². The normalized spacial score (nSPS) is 21.0. The molecule has 0 heterocycles. The fraction of sp³-hybridized carbons (Fsp3) is 0.579. The fourth-order valence-electron chi connectivity index (χ4n) is 2.80. The van der Waals surface area contributed by atoms with Crippen molar-refractivity contribution in [3.63, 3.8) is 0 Å². The quantitative estimate of drug-likeness (QED) is 0.865. The molecule has 132 valence electrons. The SMILES string of the molecule is CC1CCC(NC(=O)c2ccc(NC(=O)OC(C)(C)C)cc2)CC1. The Morgan fingerprint density at radius 1 is 1.04 bits per heavy atom. The molecule has 1 fully saturated rings. The Hall–Kier alpha value is -2.04. The summed E-state index contributed by atoms with van der Waals surface area (Å²) in [6, 6.07) is 7.12. The maximum absolute atomic E-state index is 12.3. The van der Waals surface area contributed by atoms with Crippen LogP contribution >= 0.6 is 0 Å². The molecule has 2 amide bonds. The number of hydrogen-bond donors (Lipinski definition) is 2. The van der Waals surface area contributed by atoms with Gasteiger partial charge in [0.25, 0.3) is 5.91 Å². The predicted molar refractivity (Wildman–Crippen MR) is 95.2 cm³/mol. The van der Waals surface area contributed by atoms with E-state index in [4.69, 9.17) is 4.74 Å². The van der Waals surface area contributed by atoms with Crippen molar-refractivity contribution in [1.82, 2.24) is 5.32 Å². The molecule has 24 heavy (non-hydrogen) atoms. The predicted octanol–water partition coefficient (Wildman–Crippen LogP) is 4.34. The molecule has 5 heteroatoms. The van der Waals surface area contributed by atoms with E-state index in [1.54, 1.807) is 24.3 Å². The molecule has 0 atom stereocenters. The van der Waals surface area contributed by atoms with E-state index < -0.39 is 11.7 Å². The molecule has 1 aromatic rings. The summed E-state index contributed by atoms with van der Waals surface area (Å²) in [6.45, 7) is 7.69. The van der Waals surface area contributed by atoms with Crippen LogP contribution in [-0.4, -0.2) is 23.6 Å². The highest BCUT2D eigenvalue weighted by molar-refractivity contribution is 5.95. The van der Waals surface area contributed by atoms with E-state index in [-0.39, 0.29) is 11.9 Å². The van der Waals surface area contributed by atoms with Crippen LogP contribution < -0.4 is 10.6 Å². The first-order valence-electron chi connectivity index (χ1n) is 8.64. The van der Waals surface area contributed by atoms with Gasteiger partial charge in [-0.2, -0.15) is 0 Å². The van der Waals surface area contributed by atoms with Crippen LogP contribution in [0.1, 0.15) is 63.7 Å². The number of benzene rings is 1. The van der Waals surface area contributed by atoms with Gasteiger partial charge in [-0.1, -0.05) is 6.92 Å². The van der Waals surface area contributed by atoms with Crippen LogP contribution in [0.2, 0.25) is 0 Å². The zero-order valence-electron chi connectivity index (χ0n) is 15.0. The second kappa shape index (κ2) is 7.69. The first-order valence-corrected chi connectivity index (χ1v) is 8.64. The van der Waals surface area contributed by atoms with Crippen LogP contribution in [0.25, 0.3) is 0 Å². The number of hydrogen-bond acceptors (Lipinski definition) is 3. The molecule has 0 saturated heterocycles. The first-order chi connectivity index (χ1) is 11.2. The summed E-state index contributed by atoms with van der Waals surface area (Å²) in [6.07, 6.45) is 3.93. The zero-order valence-corrected chi connectivity index (χ0v) is 15.0. The molecule has 2 N–H and O–H groups in total. The molecule has 1 aliphatic carbocycles. The van der Waals surface area contributed by atoms with Crippen molar-refractivity contribution < 1.29 is 14.3 Å².